The van der Waals surface area contributed by atoms with Crippen molar-refractivity contribution in [3.05, 3.63) is 29.3 Å². The van der Waals surface area contributed by atoms with Gasteiger partial charge in [0.05, 0.1) is 25.4 Å². The summed E-state index contributed by atoms with van der Waals surface area (Å²) in [6, 6.07) is 4.03. The summed E-state index contributed by atoms with van der Waals surface area (Å²) in [5, 5.41) is 40.6. The highest BCUT2D eigenvalue weighted by Crippen LogP contribution is 2.12. The van der Waals surface area contributed by atoms with Gasteiger partial charge >= 0.3 is 0 Å². The summed E-state index contributed by atoms with van der Waals surface area (Å²) in [7, 11) is 0. The van der Waals surface area contributed by atoms with E-state index in [0.29, 0.717) is 0 Å². The largest absolute Gasteiger partial charge is 0.399 e. The van der Waals surface area contributed by atoms with Crippen LogP contribution in [-0.4, -0.2) is 70.8 Å². The number of nitrogens with one attached hydrogen (secondary N) is 2. The van der Waals surface area contributed by atoms with Crippen molar-refractivity contribution in [2.75, 3.05) is 32.0 Å². The predicted molar refractivity (Wildman–Crippen MR) is 81.7 cm³/mol. The van der Waals surface area contributed by atoms with Gasteiger partial charge in [-0.25, -0.2) is 0 Å². The lowest BCUT2D eigenvalue weighted by molar-refractivity contribution is 0.0800. The molecule has 0 heterocycles. The van der Waals surface area contributed by atoms with Crippen molar-refractivity contribution in [1.82, 2.24) is 10.6 Å². The summed E-state index contributed by atoms with van der Waals surface area (Å²) in [5.41, 5.74) is 6.08. The van der Waals surface area contributed by atoms with Crippen molar-refractivity contribution in [3.63, 3.8) is 0 Å². The Balaban J connectivity index is 2.78. The van der Waals surface area contributed by atoms with Crippen LogP contribution in [0.3, 0.4) is 0 Å². The van der Waals surface area contributed by atoms with E-state index in [1.165, 1.54) is 18.2 Å². The number of carbonyl (C=O) groups is 2. The summed E-state index contributed by atoms with van der Waals surface area (Å²) < 4.78 is 0. The first-order chi connectivity index (χ1) is 10.9. The number of rotatable bonds is 8. The molecule has 1 aromatic rings. The molecule has 2 unspecified atom stereocenters. The molecule has 0 saturated carbocycles. The topological polar surface area (TPSA) is 165 Å². The number of aliphatic hydroxyl groups excluding tert-OH is 4. The van der Waals surface area contributed by atoms with Crippen molar-refractivity contribution < 1.29 is 30.0 Å². The molecule has 0 aliphatic heterocycles. The Morgan fingerprint density at radius 2 is 1.30 bits per heavy atom. The predicted octanol–water partition coefficient (Wildman–Crippen LogP) is -2.57. The lowest BCUT2D eigenvalue weighted by Gasteiger charge is -2.12. The van der Waals surface area contributed by atoms with Gasteiger partial charge in [-0.05, 0) is 18.2 Å². The summed E-state index contributed by atoms with van der Waals surface area (Å²) in [6.07, 6.45) is -2.16. The van der Waals surface area contributed by atoms with E-state index < -0.39 is 37.2 Å². The molecule has 0 bridgehead atoms. The van der Waals surface area contributed by atoms with Crippen LogP contribution in [0.15, 0.2) is 18.2 Å². The standard InChI is InChI=1S/C14H21N3O6/c15-10-2-8(13(22)16-4-11(20)6-18)1-9(3-10)14(23)17-5-12(21)7-19/h1-3,11-12,18-21H,4-7,15H2,(H,16,22)(H,17,23). The van der Waals surface area contributed by atoms with Crippen LogP contribution in [0.25, 0.3) is 0 Å². The minimum atomic E-state index is -1.08. The highest BCUT2D eigenvalue weighted by atomic mass is 16.3. The van der Waals surface area contributed by atoms with E-state index >= 15 is 0 Å². The Morgan fingerprint density at radius 3 is 1.65 bits per heavy atom. The molecule has 128 valence electrons. The third-order valence-corrected chi connectivity index (χ3v) is 2.90. The molecule has 9 nitrogen and oxygen atoms in total. The Bertz CT molecular complexity index is 507. The third kappa shape index (κ3) is 6.20. The molecule has 1 aromatic carbocycles. The molecule has 0 saturated heterocycles. The highest BCUT2D eigenvalue weighted by Gasteiger charge is 2.14. The van der Waals surface area contributed by atoms with Crippen LogP contribution in [-0.2, 0) is 0 Å². The van der Waals surface area contributed by atoms with E-state index in [1.807, 2.05) is 0 Å². The highest BCUT2D eigenvalue weighted by molar-refractivity contribution is 6.01. The Kier molecular flexibility index (Phi) is 7.42. The van der Waals surface area contributed by atoms with Gasteiger partial charge in [0, 0.05) is 29.9 Å². The fourth-order valence-corrected chi connectivity index (χ4v) is 1.67. The lowest BCUT2D eigenvalue weighted by Crippen LogP contribution is -2.35. The number of nitrogen functional groups attached to an aromatic ring is 1. The van der Waals surface area contributed by atoms with Crippen LogP contribution < -0.4 is 16.4 Å². The maximum Gasteiger partial charge on any atom is 0.251 e. The Morgan fingerprint density at radius 1 is 0.913 bits per heavy atom. The molecule has 0 aliphatic carbocycles. The van der Waals surface area contributed by atoms with Gasteiger partial charge in [-0.15, -0.1) is 0 Å². The van der Waals surface area contributed by atoms with E-state index in [2.05, 4.69) is 10.6 Å². The van der Waals surface area contributed by atoms with Crippen LogP contribution in [0.4, 0.5) is 5.69 Å². The van der Waals surface area contributed by atoms with Crippen LogP contribution in [0.1, 0.15) is 20.7 Å². The van der Waals surface area contributed by atoms with Gasteiger partial charge in [0.2, 0.25) is 0 Å². The first-order valence-electron chi connectivity index (χ1n) is 6.92. The quantitative estimate of drug-likeness (QED) is 0.258. The van der Waals surface area contributed by atoms with Gasteiger partial charge in [0.25, 0.3) is 11.8 Å². The van der Waals surface area contributed by atoms with Crippen molar-refractivity contribution >= 4 is 17.5 Å². The first-order valence-corrected chi connectivity index (χ1v) is 6.92. The second-order valence-corrected chi connectivity index (χ2v) is 4.94. The summed E-state index contributed by atoms with van der Waals surface area (Å²) in [6.45, 7) is -1.27. The number of anilines is 1. The number of amides is 2. The van der Waals surface area contributed by atoms with E-state index in [-0.39, 0.29) is 29.9 Å². The van der Waals surface area contributed by atoms with E-state index in [4.69, 9.17) is 15.9 Å². The molecule has 2 amide bonds. The molecule has 0 radical (unpaired) electrons. The van der Waals surface area contributed by atoms with Crippen molar-refractivity contribution in [3.8, 4) is 0 Å². The third-order valence-electron chi connectivity index (χ3n) is 2.90. The van der Waals surface area contributed by atoms with E-state index in [1.54, 1.807) is 0 Å². The van der Waals surface area contributed by atoms with Gasteiger partial charge < -0.3 is 36.8 Å². The average molecular weight is 327 g/mol. The molecular weight excluding hydrogens is 306 g/mol. The fraction of sp³-hybridized carbons (Fsp3) is 0.429. The van der Waals surface area contributed by atoms with Crippen LogP contribution in [0.5, 0.6) is 0 Å². The monoisotopic (exact) mass is 327 g/mol. The zero-order chi connectivity index (χ0) is 17.4. The van der Waals surface area contributed by atoms with Gasteiger partial charge in [0.1, 0.15) is 0 Å². The molecule has 2 atom stereocenters. The minimum Gasteiger partial charge on any atom is -0.399 e. The van der Waals surface area contributed by atoms with Gasteiger partial charge in [-0.1, -0.05) is 0 Å². The number of hydrogen-bond donors (Lipinski definition) is 7. The van der Waals surface area contributed by atoms with Crippen LogP contribution in [0.2, 0.25) is 0 Å². The summed E-state index contributed by atoms with van der Waals surface area (Å²) in [4.78, 5) is 23.9. The van der Waals surface area contributed by atoms with E-state index in [9.17, 15) is 19.8 Å². The molecule has 8 N–H and O–H groups in total. The Labute approximate surface area is 132 Å². The zero-order valence-electron chi connectivity index (χ0n) is 12.4. The number of carbonyl (C=O) groups excluding carboxylic acids is 2. The summed E-state index contributed by atoms with van der Waals surface area (Å²) >= 11 is 0. The smallest absolute Gasteiger partial charge is 0.251 e. The normalized spacial score (nSPS) is 13.2. The van der Waals surface area contributed by atoms with Crippen molar-refractivity contribution in [1.29, 1.82) is 0 Å². The molecule has 23 heavy (non-hydrogen) atoms. The van der Waals surface area contributed by atoms with Crippen LogP contribution >= 0.6 is 0 Å². The molecular formula is C14H21N3O6. The molecule has 9 heteroatoms. The average Bonchev–Trinajstić information content (AvgIpc) is 2.55. The number of hydrogen-bond acceptors (Lipinski definition) is 7. The number of nitrogens with two attached hydrogens (primary N) is 1. The van der Waals surface area contributed by atoms with Crippen molar-refractivity contribution in [2.24, 2.45) is 0 Å². The SMILES string of the molecule is Nc1cc(C(=O)NCC(O)CO)cc(C(=O)NCC(O)CO)c1. The maximum absolute atomic E-state index is 11.9. The molecule has 0 spiro atoms. The van der Waals surface area contributed by atoms with Gasteiger partial charge in [-0.2, -0.15) is 0 Å². The van der Waals surface area contributed by atoms with E-state index in [0.717, 1.165) is 0 Å². The molecule has 0 aromatic heterocycles. The van der Waals surface area contributed by atoms with Crippen molar-refractivity contribution in [2.45, 2.75) is 12.2 Å². The Hall–Kier alpha value is -2.20. The second-order valence-electron chi connectivity index (χ2n) is 4.94. The number of aliphatic hydroxyl groups is 4. The zero-order valence-corrected chi connectivity index (χ0v) is 12.4. The molecule has 0 fully saturated rings. The molecule has 0 aliphatic rings. The van der Waals surface area contributed by atoms with Gasteiger partial charge in [0.15, 0.2) is 0 Å². The van der Waals surface area contributed by atoms with Gasteiger partial charge in [-0.3, -0.25) is 9.59 Å². The van der Waals surface area contributed by atoms with Crippen LogP contribution in [0, 0.1) is 0 Å². The lowest BCUT2D eigenvalue weighted by atomic mass is 10.1. The number of benzene rings is 1. The fourth-order valence-electron chi connectivity index (χ4n) is 1.67. The maximum atomic E-state index is 11.9. The second kappa shape index (κ2) is 9.06. The summed E-state index contributed by atoms with van der Waals surface area (Å²) in [5.74, 6) is -1.12. The molecule has 1 rings (SSSR count). The first kappa shape index (κ1) is 18.8. The minimum absolute atomic E-state index is 0.114.